The molecule has 0 aliphatic rings. The van der Waals surface area contributed by atoms with Gasteiger partial charge in [0.15, 0.2) is 0 Å². The highest BCUT2D eigenvalue weighted by Gasteiger charge is 2.30. The van der Waals surface area contributed by atoms with Gasteiger partial charge in [-0.25, -0.2) is 0 Å². The second-order valence-corrected chi connectivity index (χ2v) is 5.58. The van der Waals surface area contributed by atoms with Gasteiger partial charge in [-0.2, -0.15) is 0 Å². The molecule has 4 nitrogen and oxygen atoms in total. The number of rotatable bonds is 7. The molecule has 0 amide bonds. The fraction of sp³-hybridized carbons (Fsp3) is 1.00. The molecule has 0 heterocycles. The van der Waals surface area contributed by atoms with Gasteiger partial charge in [-0.1, -0.05) is 13.3 Å². The minimum absolute atomic E-state index is 0.618. The van der Waals surface area contributed by atoms with Crippen LogP contribution in [0.15, 0.2) is 0 Å². The van der Waals surface area contributed by atoms with Crippen molar-refractivity contribution < 1.29 is 8.85 Å². The molecule has 74 valence electrons. The van der Waals surface area contributed by atoms with Crippen LogP contribution in [0.4, 0.5) is 0 Å². The quantitative estimate of drug-likeness (QED) is 0.450. The molecule has 0 rings (SSSR count). The van der Waals surface area contributed by atoms with Crippen LogP contribution in [-0.2, 0) is 8.85 Å². The predicted molar refractivity (Wildman–Crippen MR) is 51.7 cm³/mol. The maximum absolute atomic E-state index is 5.90. The summed E-state index contributed by atoms with van der Waals surface area (Å²) in [5, 5.41) is 5.90. The van der Waals surface area contributed by atoms with Crippen LogP contribution in [0.25, 0.3) is 0 Å². The first-order valence-corrected chi connectivity index (χ1v) is 6.46. The van der Waals surface area contributed by atoms with E-state index in [4.69, 9.17) is 20.0 Å². The summed E-state index contributed by atoms with van der Waals surface area (Å²) in [7, 11) is -0.701. The molecule has 0 bridgehead atoms. The number of nitrogens with two attached hydrogens (primary N) is 2. The van der Waals surface area contributed by atoms with E-state index in [-0.39, 0.29) is 0 Å². The van der Waals surface area contributed by atoms with E-state index >= 15 is 0 Å². The first-order valence-electron chi connectivity index (χ1n) is 4.36. The summed E-state index contributed by atoms with van der Waals surface area (Å²) in [4.78, 5) is 0. The fourth-order valence-corrected chi connectivity index (χ4v) is 2.56. The first-order chi connectivity index (χ1) is 5.68. The molecule has 1 atom stereocenters. The molecular formula is C7H20N2O2Si. The second-order valence-electron chi connectivity index (χ2n) is 2.76. The third kappa shape index (κ3) is 4.84. The van der Waals surface area contributed by atoms with Gasteiger partial charge in [0.2, 0.25) is 0 Å². The smallest absolute Gasteiger partial charge is 0.386 e. The van der Waals surface area contributed by atoms with Crippen LogP contribution < -0.4 is 11.1 Å². The maximum Gasteiger partial charge on any atom is 0.422 e. The van der Waals surface area contributed by atoms with E-state index in [0.717, 1.165) is 18.9 Å². The van der Waals surface area contributed by atoms with Crippen molar-refractivity contribution in [2.24, 2.45) is 11.1 Å². The highest BCUT2D eigenvalue weighted by molar-refractivity contribution is 6.63. The minimum atomic E-state index is -2.32. The molecule has 0 fully saturated rings. The van der Waals surface area contributed by atoms with E-state index < -0.39 is 8.72 Å². The van der Waals surface area contributed by atoms with E-state index in [9.17, 15) is 0 Å². The lowest BCUT2D eigenvalue weighted by Crippen LogP contribution is -2.51. The number of hydrogen-bond acceptors (Lipinski definition) is 4. The Kier molecular flexibility index (Phi) is 6.59. The summed E-state index contributed by atoms with van der Waals surface area (Å²) < 4.78 is 10.7. The summed E-state index contributed by atoms with van der Waals surface area (Å²) in [6, 6.07) is 0.841. The normalized spacial score (nSPS) is 16.0. The molecule has 4 N–H and O–H groups in total. The standard InChI is InChI=1S/C7H20N2O2Si/c1-3-7-12(9,10-2)11-6-4-5-8/h3-9H2,1-2H3. The molecule has 0 radical (unpaired) electrons. The molecule has 0 aromatic carbocycles. The van der Waals surface area contributed by atoms with Gasteiger partial charge in [-0.3, -0.25) is 0 Å². The molecule has 12 heavy (non-hydrogen) atoms. The van der Waals surface area contributed by atoms with Gasteiger partial charge in [0, 0.05) is 19.8 Å². The monoisotopic (exact) mass is 192 g/mol. The topological polar surface area (TPSA) is 70.5 Å². The number of hydrogen-bond donors (Lipinski definition) is 2. The lowest BCUT2D eigenvalue weighted by atomic mass is 10.5. The van der Waals surface area contributed by atoms with Crippen LogP contribution in [0.5, 0.6) is 0 Å². The molecule has 0 spiro atoms. The second kappa shape index (κ2) is 6.56. The summed E-state index contributed by atoms with van der Waals surface area (Å²) >= 11 is 0. The Labute approximate surface area is 75.5 Å². The van der Waals surface area contributed by atoms with Crippen molar-refractivity contribution in [3.63, 3.8) is 0 Å². The third-order valence-corrected chi connectivity index (χ3v) is 4.22. The van der Waals surface area contributed by atoms with Crippen LogP contribution in [-0.4, -0.2) is 29.0 Å². The molecule has 1 unspecified atom stereocenters. The van der Waals surface area contributed by atoms with Gasteiger partial charge >= 0.3 is 8.72 Å². The lowest BCUT2D eigenvalue weighted by molar-refractivity contribution is 0.197. The molecule has 5 heteroatoms. The largest absolute Gasteiger partial charge is 0.422 e. The van der Waals surface area contributed by atoms with E-state index in [2.05, 4.69) is 6.92 Å². The average molecular weight is 192 g/mol. The van der Waals surface area contributed by atoms with Crippen LogP contribution in [0, 0.1) is 0 Å². The third-order valence-electron chi connectivity index (χ3n) is 1.64. The van der Waals surface area contributed by atoms with Crippen molar-refractivity contribution in [1.29, 1.82) is 0 Å². The van der Waals surface area contributed by atoms with Crippen LogP contribution in [0.1, 0.15) is 19.8 Å². The molecule has 0 aromatic rings. The predicted octanol–water partition coefficient (Wildman–Crippen LogP) is 0.306. The summed E-state index contributed by atoms with van der Waals surface area (Å²) in [5.74, 6) is 0. The Morgan fingerprint density at radius 2 is 2.08 bits per heavy atom. The van der Waals surface area contributed by atoms with Gasteiger partial charge < -0.3 is 20.0 Å². The zero-order valence-corrected chi connectivity index (χ0v) is 9.01. The Balaban J connectivity index is 3.63. The summed E-state index contributed by atoms with van der Waals surface area (Å²) in [6.45, 7) is 3.33. The molecule has 0 saturated carbocycles. The van der Waals surface area contributed by atoms with E-state index in [0.29, 0.717) is 13.2 Å². The average Bonchev–Trinajstić information content (AvgIpc) is 2.06. The fourth-order valence-electron chi connectivity index (χ4n) is 0.910. The molecule has 0 aliphatic carbocycles. The molecule has 0 saturated heterocycles. The van der Waals surface area contributed by atoms with Gasteiger partial charge in [-0.05, 0) is 13.0 Å². The van der Waals surface area contributed by atoms with Crippen molar-refractivity contribution in [3.8, 4) is 0 Å². The van der Waals surface area contributed by atoms with Crippen molar-refractivity contribution in [1.82, 2.24) is 0 Å². The van der Waals surface area contributed by atoms with Crippen LogP contribution >= 0.6 is 0 Å². The highest BCUT2D eigenvalue weighted by atomic mass is 28.4. The van der Waals surface area contributed by atoms with Gasteiger partial charge in [0.25, 0.3) is 0 Å². The van der Waals surface area contributed by atoms with Crippen molar-refractivity contribution >= 4 is 8.72 Å². The Morgan fingerprint density at radius 3 is 2.50 bits per heavy atom. The van der Waals surface area contributed by atoms with E-state index in [1.807, 2.05) is 0 Å². The van der Waals surface area contributed by atoms with Crippen molar-refractivity contribution in [2.75, 3.05) is 20.3 Å². The molecular weight excluding hydrogens is 172 g/mol. The van der Waals surface area contributed by atoms with Gasteiger partial charge in [-0.15, -0.1) is 0 Å². The van der Waals surface area contributed by atoms with Gasteiger partial charge in [0.05, 0.1) is 0 Å². The Bertz CT molecular complexity index is 116. The molecule has 0 aromatic heterocycles. The zero-order chi connectivity index (χ0) is 9.45. The SMILES string of the molecule is CCC[Si](N)(OC)OCCCN. The minimum Gasteiger partial charge on any atom is -0.386 e. The van der Waals surface area contributed by atoms with Gasteiger partial charge in [0.1, 0.15) is 0 Å². The lowest BCUT2D eigenvalue weighted by Gasteiger charge is -2.23. The highest BCUT2D eigenvalue weighted by Crippen LogP contribution is 2.08. The van der Waals surface area contributed by atoms with Crippen molar-refractivity contribution in [3.05, 3.63) is 0 Å². The van der Waals surface area contributed by atoms with Crippen LogP contribution in [0.2, 0.25) is 6.04 Å². The molecule has 0 aliphatic heterocycles. The summed E-state index contributed by atoms with van der Waals surface area (Å²) in [5.41, 5.74) is 5.33. The van der Waals surface area contributed by atoms with Crippen molar-refractivity contribution in [2.45, 2.75) is 25.8 Å². The van der Waals surface area contributed by atoms with Crippen LogP contribution in [0.3, 0.4) is 0 Å². The van der Waals surface area contributed by atoms with E-state index in [1.54, 1.807) is 7.11 Å². The first kappa shape index (κ1) is 12.1. The Morgan fingerprint density at radius 1 is 1.42 bits per heavy atom. The Hall–Kier alpha value is 0.0569. The van der Waals surface area contributed by atoms with E-state index in [1.165, 1.54) is 0 Å². The summed E-state index contributed by atoms with van der Waals surface area (Å²) in [6.07, 6.45) is 1.85. The maximum atomic E-state index is 5.90. The zero-order valence-electron chi connectivity index (χ0n) is 8.01.